The summed E-state index contributed by atoms with van der Waals surface area (Å²) in [6.07, 6.45) is 2.13. The Morgan fingerprint density at radius 1 is 1.55 bits per heavy atom. The molecular formula is C15H21N3OS. The first-order valence-corrected chi connectivity index (χ1v) is 8.01. The Morgan fingerprint density at radius 3 is 3.10 bits per heavy atom. The van der Waals surface area contributed by atoms with Crippen molar-refractivity contribution in [3.63, 3.8) is 0 Å². The molecule has 0 radical (unpaired) electrons. The number of piperidine rings is 1. The van der Waals surface area contributed by atoms with Gasteiger partial charge >= 0.3 is 0 Å². The van der Waals surface area contributed by atoms with Gasteiger partial charge in [0.15, 0.2) is 0 Å². The molecule has 0 saturated carbocycles. The molecule has 2 N–H and O–H groups in total. The van der Waals surface area contributed by atoms with Gasteiger partial charge in [-0.05, 0) is 38.1 Å². The van der Waals surface area contributed by atoms with Crippen LogP contribution in [0.2, 0.25) is 0 Å². The summed E-state index contributed by atoms with van der Waals surface area (Å²) in [5.74, 6) is 1.67. The maximum absolute atomic E-state index is 6.02. The minimum atomic E-state index is 0.348. The molecule has 1 saturated heterocycles. The first-order valence-electron chi connectivity index (χ1n) is 7.13. The fourth-order valence-electron chi connectivity index (χ4n) is 2.76. The molecule has 2 aromatic rings. The SMILES string of the molecule is Cc1oc(-c2cccs2)nc1CN1CCC(N)CC1C. The molecule has 1 fully saturated rings. The third-order valence-electron chi connectivity index (χ3n) is 4.03. The topological polar surface area (TPSA) is 55.3 Å². The lowest BCUT2D eigenvalue weighted by Crippen LogP contribution is -2.45. The smallest absolute Gasteiger partial charge is 0.236 e. The molecule has 0 aromatic carbocycles. The quantitative estimate of drug-likeness (QED) is 0.944. The molecule has 2 unspecified atom stereocenters. The standard InChI is InChI=1S/C15H21N3OS/c1-10-8-12(16)5-6-18(10)9-13-11(2)19-15(17-13)14-4-3-7-20-14/h3-4,7,10,12H,5-6,8-9,16H2,1-2H3. The molecule has 5 heteroatoms. The summed E-state index contributed by atoms with van der Waals surface area (Å²) in [7, 11) is 0. The zero-order chi connectivity index (χ0) is 14.1. The van der Waals surface area contributed by atoms with E-state index < -0.39 is 0 Å². The number of oxazole rings is 1. The first-order chi connectivity index (χ1) is 9.63. The van der Waals surface area contributed by atoms with Crippen LogP contribution in [-0.2, 0) is 6.54 Å². The van der Waals surface area contributed by atoms with Crippen LogP contribution in [-0.4, -0.2) is 28.5 Å². The molecule has 0 amide bonds. The molecule has 3 heterocycles. The van der Waals surface area contributed by atoms with Gasteiger partial charge in [0.05, 0.1) is 10.6 Å². The van der Waals surface area contributed by atoms with E-state index in [1.165, 1.54) is 0 Å². The first kappa shape index (κ1) is 13.8. The van der Waals surface area contributed by atoms with Crippen LogP contribution < -0.4 is 5.73 Å². The fraction of sp³-hybridized carbons (Fsp3) is 0.533. The van der Waals surface area contributed by atoms with E-state index in [1.807, 2.05) is 24.4 Å². The lowest BCUT2D eigenvalue weighted by molar-refractivity contribution is 0.138. The monoisotopic (exact) mass is 291 g/mol. The van der Waals surface area contributed by atoms with Gasteiger partial charge in [0.25, 0.3) is 0 Å². The van der Waals surface area contributed by atoms with E-state index in [1.54, 1.807) is 11.3 Å². The highest BCUT2D eigenvalue weighted by molar-refractivity contribution is 7.13. The third kappa shape index (κ3) is 2.80. The van der Waals surface area contributed by atoms with Crippen LogP contribution in [0.25, 0.3) is 10.8 Å². The van der Waals surface area contributed by atoms with E-state index in [0.717, 1.165) is 48.2 Å². The van der Waals surface area contributed by atoms with Crippen molar-refractivity contribution in [1.29, 1.82) is 0 Å². The molecule has 0 aliphatic carbocycles. The van der Waals surface area contributed by atoms with Crippen LogP contribution in [0.5, 0.6) is 0 Å². The number of thiophene rings is 1. The maximum Gasteiger partial charge on any atom is 0.236 e. The van der Waals surface area contributed by atoms with Crippen molar-refractivity contribution in [2.45, 2.75) is 45.3 Å². The predicted molar refractivity (Wildman–Crippen MR) is 81.6 cm³/mol. The number of rotatable bonds is 3. The van der Waals surface area contributed by atoms with E-state index in [-0.39, 0.29) is 0 Å². The van der Waals surface area contributed by atoms with Crippen LogP contribution in [0.3, 0.4) is 0 Å². The maximum atomic E-state index is 6.02. The Labute approximate surface area is 123 Å². The predicted octanol–water partition coefficient (Wildman–Crippen LogP) is 3.02. The summed E-state index contributed by atoms with van der Waals surface area (Å²) in [5.41, 5.74) is 7.07. The van der Waals surface area contributed by atoms with Gasteiger partial charge < -0.3 is 10.2 Å². The molecule has 1 aliphatic rings. The van der Waals surface area contributed by atoms with Gasteiger partial charge in [-0.3, -0.25) is 4.90 Å². The average molecular weight is 291 g/mol. The highest BCUT2D eigenvalue weighted by atomic mass is 32.1. The molecular weight excluding hydrogens is 270 g/mol. The zero-order valence-corrected chi connectivity index (χ0v) is 12.8. The highest BCUT2D eigenvalue weighted by Crippen LogP contribution is 2.27. The summed E-state index contributed by atoms with van der Waals surface area (Å²) in [6, 6.07) is 4.93. The molecule has 2 aromatic heterocycles. The minimum Gasteiger partial charge on any atom is -0.440 e. The second-order valence-corrected chi connectivity index (χ2v) is 6.55. The van der Waals surface area contributed by atoms with Gasteiger partial charge in [0.1, 0.15) is 5.76 Å². The summed E-state index contributed by atoms with van der Waals surface area (Å²) in [4.78, 5) is 8.21. The summed E-state index contributed by atoms with van der Waals surface area (Å²) >= 11 is 1.66. The van der Waals surface area contributed by atoms with Crippen molar-refractivity contribution in [2.24, 2.45) is 5.73 Å². The lowest BCUT2D eigenvalue weighted by Gasteiger charge is -2.35. The second-order valence-electron chi connectivity index (χ2n) is 5.60. The van der Waals surface area contributed by atoms with Crippen molar-refractivity contribution < 1.29 is 4.42 Å². The Morgan fingerprint density at radius 2 is 2.40 bits per heavy atom. The molecule has 108 valence electrons. The van der Waals surface area contributed by atoms with Crippen molar-refractivity contribution in [1.82, 2.24) is 9.88 Å². The number of aryl methyl sites for hydroxylation is 1. The van der Waals surface area contributed by atoms with Crippen molar-refractivity contribution in [3.8, 4) is 10.8 Å². The molecule has 20 heavy (non-hydrogen) atoms. The number of nitrogens with two attached hydrogens (primary N) is 1. The third-order valence-corrected chi connectivity index (χ3v) is 4.89. The zero-order valence-electron chi connectivity index (χ0n) is 12.0. The largest absolute Gasteiger partial charge is 0.440 e. The van der Waals surface area contributed by atoms with Gasteiger partial charge in [-0.25, -0.2) is 4.98 Å². The number of aromatic nitrogens is 1. The fourth-order valence-corrected chi connectivity index (χ4v) is 3.41. The van der Waals surface area contributed by atoms with Crippen molar-refractivity contribution in [3.05, 3.63) is 29.0 Å². The van der Waals surface area contributed by atoms with E-state index in [9.17, 15) is 0 Å². The van der Waals surface area contributed by atoms with Crippen LogP contribution in [0.4, 0.5) is 0 Å². The number of likely N-dealkylation sites (tertiary alicyclic amines) is 1. The molecule has 1 aliphatic heterocycles. The van der Waals surface area contributed by atoms with Crippen LogP contribution in [0.15, 0.2) is 21.9 Å². The number of hydrogen-bond acceptors (Lipinski definition) is 5. The number of hydrogen-bond donors (Lipinski definition) is 1. The van der Waals surface area contributed by atoms with Crippen molar-refractivity contribution >= 4 is 11.3 Å². The van der Waals surface area contributed by atoms with E-state index in [2.05, 4.69) is 16.8 Å². The van der Waals surface area contributed by atoms with E-state index >= 15 is 0 Å². The van der Waals surface area contributed by atoms with E-state index in [4.69, 9.17) is 10.2 Å². The van der Waals surface area contributed by atoms with Crippen molar-refractivity contribution in [2.75, 3.05) is 6.54 Å². The molecule has 3 rings (SSSR count). The van der Waals surface area contributed by atoms with Gasteiger partial charge in [-0.15, -0.1) is 11.3 Å². The van der Waals surface area contributed by atoms with Crippen LogP contribution in [0, 0.1) is 6.92 Å². The second kappa shape index (κ2) is 5.68. The summed E-state index contributed by atoms with van der Waals surface area (Å²) in [6.45, 7) is 6.14. The number of nitrogens with zero attached hydrogens (tertiary/aromatic N) is 2. The van der Waals surface area contributed by atoms with Gasteiger partial charge in [0.2, 0.25) is 5.89 Å². The normalized spacial score (nSPS) is 24.1. The lowest BCUT2D eigenvalue weighted by atomic mass is 9.99. The minimum absolute atomic E-state index is 0.348. The highest BCUT2D eigenvalue weighted by Gasteiger charge is 2.25. The van der Waals surface area contributed by atoms with Gasteiger partial charge in [0, 0.05) is 25.2 Å². The summed E-state index contributed by atoms with van der Waals surface area (Å²) in [5, 5.41) is 2.04. The Hall–Kier alpha value is -1.17. The van der Waals surface area contributed by atoms with Gasteiger partial charge in [-0.2, -0.15) is 0 Å². The average Bonchev–Trinajstić information content (AvgIpc) is 3.03. The summed E-state index contributed by atoms with van der Waals surface area (Å²) < 4.78 is 5.80. The van der Waals surface area contributed by atoms with E-state index in [0.29, 0.717) is 12.1 Å². The van der Waals surface area contributed by atoms with Crippen LogP contribution >= 0.6 is 11.3 Å². The Bertz CT molecular complexity index is 564. The Balaban J connectivity index is 1.75. The molecule has 4 nitrogen and oxygen atoms in total. The molecule has 0 bridgehead atoms. The Kier molecular flexibility index (Phi) is 3.92. The van der Waals surface area contributed by atoms with Gasteiger partial charge in [-0.1, -0.05) is 6.07 Å². The molecule has 0 spiro atoms. The molecule has 2 atom stereocenters. The van der Waals surface area contributed by atoms with Crippen LogP contribution in [0.1, 0.15) is 31.2 Å².